The van der Waals surface area contributed by atoms with Gasteiger partial charge in [0.1, 0.15) is 0 Å². The Kier molecular flexibility index (Phi) is 1.94. The first kappa shape index (κ1) is 7.78. The highest BCUT2D eigenvalue weighted by Crippen LogP contribution is 2.23. The van der Waals surface area contributed by atoms with Crippen LogP contribution in [0.3, 0.4) is 0 Å². The summed E-state index contributed by atoms with van der Waals surface area (Å²) in [5, 5.41) is 0. The Balaban J connectivity index is 3.25. The first-order valence-corrected chi connectivity index (χ1v) is 2.93. The number of ether oxygens (including phenoxy) is 1. The van der Waals surface area contributed by atoms with Gasteiger partial charge in [-0.3, -0.25) is 0 Å². The molecule has 0 radical (unpaired) electrons. The molecule has 0 saturated heterocycles. The number of hydrogen-bond donors (Lipinski definition) is 1. The SMILES string of the molecule is COc1c(F)cc(N)cc1F. The van der Waals surface area contributed by atoms with Crippen LogP contribution in [0.2, 0.25) is 0 Å². The molecule has 0 atom stereocenters. The molecule has 1 aromatic rings. The average molecular weight is 159 g/mol. The van der Waals surface area contributed by atoms with Crippen molar-refractivity contribution in [3.63, 3.8) is 0 Å². The predicted octanol–water partition coefficient (Wildman–Crippen LogP) is 1.56. The van der Waals surface area contributed by atoms with Gasteiger partial charge in [-0.15, -0.1) is 0 Å². The van der Waals surface area contributed by atoms with E-state index < -0.39 is 17.4 Å². The summed E-state index contributed by atoms with van der Waals surface area (Å²) in [7, 11) is 1.19. The second-order valence-corrected chi connectivity index (χ2v) is 2.02. The Morgan fingerprint density at radius 2 is 1.73 bits per heavy atom. The Bertz CT molecular complexity index is 252. The lowest BCUT2D eigenvalue weighted by Crippen LogP contribution is -1.95. The van der Waals surface area contributed by atoms with E-state index in [0.717, 1.165) is 12.1 Å². The van der Waals surface area contributed by atoms with Crippen molar-refractivity contribution >= 4 is 5.69 Å². The molecular weight excluding hydrogens is 152 g/mol. The van der Waals surface area contributed by atoms with Crippen molar-refractivity contribution in [2.45, 2.75) is 0 Å². The Labute approximate surface area is 62.6 Å². The van der Waals surface area contributed by atoms with Crippen LogP contribution in [0.15, 0.2) is 12.1 Å². The van der Waals surface area contributed by atoms with Gasteiger partial charge < -0.3 is 10.5 Å². The number of halogens is 2. The summed E-state index contributed by atoms with van der Waals surface area (Å²) < 4.78 is 29.8. The largest absolute Gasteiger partial charge is 0.491 e. The maximum absolute atomic E-state index is 12.7. The van der Waals surface area contributed by atoms with Gasteiger partial charge in [0.2, 0.25) is 0 Å². The second-order valence-electron chi connectivity index (χ2n) is 2.02. The van der Waals surface area contributed by atoms with Crippen LogP contribution >= 0.6 is 0 Å². The Morgan fingerprint density at radius 3 is 2.09 bits per heavy atom. The van der Waals surface area contributed by atoms with E-state index in [4.69, 9.17) is 5.73 Å². The van der Waals surface area contributed by atoms with Crippen LogP contribution in [-0.4, -0.2) is 7.11 Å². The molecule has 0 bridgehead atoms. The van der Waals surface area contributed by atoms with Crippen molar-refractivity contribution in [1.29, 1.82) is 0 Å². The summed E-state index contributed by atoms with van der Waals surface area (Å²) in [5.41, 5.74) is 5.19. The smallest absolute Gasteiger partial charge is 0.190 e. The van der Waals surface area contributed by atoms with Crippen molar-refractivity contribution < 1.29 is 13.5 Å². The lowest BCUT2D eigenvalue weighted by molar-refractivity contribution is 0.360. The molecule has 0 aliphatic heterocycles. The van der Waals surface area contributed by atoms with Crippen LogP contribution in [0.4, 0.5) is 14.5 Å². The maximum atomic E-state index is 12.7. The van der Waals surface area contributed by atoms with Crippen molar-refractivity contribution in [2.24, 2.45) is 0 Å². The maximum Gasteiger partial charge on any atom is 0.190 e. The average Bonchev–Trinajstić information content (AvgIpc) is 1.85. The molecular formula is C7H7F2NO. The molecule has 0 spiro atoms. The lowest BCUT2D eigenvalue weighted by atomic mass is 10.3. The highest BCUT2D eigenvalue weighted by molar-refractivity contribution is 5.43. The van der Waals surface area contributed by atoms with Gasteiger partial charge in [0.05, 0.1) is 7.11 Å². The highest BCUT2D eigenvalue weighted by atomic mass is 19.1. The predicted molar refractivity (Wildman–Crippen MR) is 37.3 cm³/mol. The minimum absolute atomic E-state index is 0.0424. The van der Waals surface area contributed by atoms with E-state index in [9.17, 15) is 8.78 Å². The van der Waals surface area contributed by atoms with E-state index in [2.05, 4.69) is 4.74 Å². The highest BCUT2D eigenvalue weighted by Gasteiger charge is 2.09. The fourth-order valence-electron chi connectivity index (χ4n) is 0.774. The summed E-state index contributed by atoms with van der Waals surface area (Å²) in [6.07, 6.45) is 0. The van der Waals surface area contributed by atoms with Crippen LogP contribution in [0.1, 0.15) is 0 Å². The number of nitrogens with two attached hydrogens (primary N) is 1. The Hall–Kier alpha value is -1.32. The van der Waals surface area contributed by atoms with E-state index >= 15 is 0 Å². The standard InChI is InChI=1S/C7H7F2NO/c1-11-7-5(8)2-4(10)3-6(7)9/h2-3H,10H2,1H3. The molecule has 4 heteroatoms. The molecule has 0 saturated carbocycles. The minimum atomic E-state index is -0.787. The summed E-state index contributed by atoms with van der Waals surface area (Å²) >= 11 is 0. The van der Waals surface area contributed by atoms with E-state index in [0.29, 0.717) is 0 Å². The van der Waals surface area contributed by atoms with Crippen LogP contribution < -0.4 is 10.5 Å². The minimum Gasteiger partial charge on any atom is -0.491 e. The van der Waals surface area contributed by atoms with Crippen LogP contribution in [0.5, 0.6) is 5.75 Å². The van der Waals surface area contributed by atoms with Gasteiger partial charge in [0.15, 0.2) is 17.4 Å². The first-order valence-electron chi connectivity index (χ1n) is 2.93. The molecule has 1 rings (SSSR count). The molecule has 0 heterocycles. The second kappa shape index (κ2) is 2.74. The zero-order chi connectivity index (χ0) is 8.43. The van der Waals surface area contributed by atoms with Crippen LogP contribution in [0, 0.1) is 11.6 Å². The topological polar surface area (TPSA) is 35.2 Å². The Morgan fingerprint density at radius 1 is 1.27 bits per heavy atom. The summed E-state index contributed by atoms with van der Waals surface area (Å²) in [6.45, 7) is 0. The van der Waals surface area contributed by atoms with E-state index in [-0.39, 0.29) is 5.69 Å². The van der Waals surface area contributed by atoms with Crippen LogP contribution in [0.25, 0.3) is 0 Å². The number of methoxy groups -OCH3 is 1. The molecule has 60 valence electrons. The molecule has 0 aliphatic rings. The van der Waals surface area contributed by atoms with Gasteiger partial charge in [-0.25, -0.2) is 8.78 Å². The lowest BCUT2D eigenvalue weighted by Gasteiger charge is -2.03. The van der Waals surface area contributed by atoms with Crippen molar-refractivity contribution in [2.75, 3.05) is 12.8 Å². The number of anilines is 1. The van der Waals surface area contributed by atoms with Gasteiger partial charge >= 0.3 is 0 Å². The number of hydrogen-bond acceptors (Lipinski definition) is 2. The monoisotopic (exact) mass is 159 g/mol. The van der Waals surface area contributed by atoms with Gasteiger partial charge in [-0.2, -0.15) is 0 Å². The van der Waals surface area contributed by atoms with Crippen molar-refractivity contribution in [3.8, 4) is 5.75 Å². The molecule has 0 aliphatic carbocycles. The molecule has 0 fully saturated rings. The van der Waals surface area contributed by atoms with Crippen molar-refractivity contribution in [3.05, 3.63) is 23.8 Å². The van der Waals surface area contributed by atoms with Gasteiger partial charge in [0, 0.05) is 17.8 Å². The van der Waals surface area contributed by atoms with Gasteiger partial charge in [0.25, 0.3) is 0 Å². The zero-order valence-electron chi connectivity index (χ0n) is 5.90. The van der Waals surface area contributed by atoms with Crippen molar-refractivity contribution in [1.82, 2.24) is 0 Å². The van der Waals surface area contributed by atoms with Gasteiger partial charge in [-0.05, 0) is 0 Å². The summed E-state index contributed by atoms with van der Waals surface area (Å²) in [5.74, 6) is -1.98. The fourth-order valence-corrected chi connectivity index (χ4v) is 0.774. The zero-order valence-corrected chi connectivity index (χ0v) is 5.90. The number of nitrogen functional groups attached to an aromatic ring is 1. The third-order valence-electron chi connectivity index (χ3n) is 1.22. The van der Waals surface area contributed by atoms with E-state index in [1.54, 1.807) is 0 Å². The normalized spacial score (nSPS) is 9.73. The quantitative estimate of drug-likeness (QED) is 0.631. The third kappa shape index (κ3) is 1.39. The summed E-state index contributed by atoms with van der Waals surface area (Å²) in [6, 6.07) is 2.00. The number of rotatable bonds is 1. The summed E-state index contributed by atoms with van der Waals surface area (Å²) in [4.78, 5) is 0. The first-order chi connectivity index (χ1) is 5.15. The van der Waals surface area contributed by atoms with E-state index in [1.165, 1.54) is 7.11 Å². The van der Waals surface area contributed by atoms with E-state index in [1.807, 2.05) is 0 Å². The van der Waals surface area contributed by atoms with Gasteiger partial charge in [-0.1, -0.05) is 0 Å². The molecule has 2 nitrogen and oxygen atoms in total. The third-order valence-corrected chi connectivity index (χ3v) is 1.22. The molecule has 0 unspecified atom stereocenters. The molecule has 0 aromatic heterocycles. The van der Waals surface area contributed by atoms with Crippen LogP contribution in [-0.2, 0) is 0 Å². The molecule has 2 N–H and O–H groups in total. The molecule has 0 amide bonds. The number of benzene rings is 1. The molecule has 11 heavy (non-hydrogen) atoms. The molecule has 1 aromatic carbocycles. The fraction of sp³-hybridized carbons (Fsp3) is 0.143.